The lowest BCUT2D eigenvalue weighted by Crippen LogP contribution is -2.02. The van der Waals surface area contributed by atoms with Crippen molar-refractivity contribution in [2.24, 2.45) is 0 Å². The van der Waals surface area contributed by atoms with E-state index in [2.05, 4.69) is 0 Å². The summed E-state index contributed by atoms with van der Waals surface area (Å²) in [6.45, 7) is 2.04. The molecule has 0 aromatic heterocycles. The molecule has 0 spiro atoms. The summed E-state index contributed by atoms with van der Waals surface area (Å²) < 4.78 is 5.73. The zero-order valence-electron chi connectivity index (χ0n) is 10.6. The van der Waals surface area contributed by atoms with E-state index in [0.29, 0.717) is 5.75 Å². The van der Waals surface area contributed by atoms with Gasteiger partial charge in [0.25, 0.3) is 0 Å². The first-order valence-electron chi connectivity index (χ1n) is 6.00. The van der Waals surface area contributed by atoms with Crippen molar-refractivity contribution in [2.45, 2.75) is 13.3 Å². The Morgan fingerprint density at radius 2 is 2.00 bits per heavy atom. The highest BCUT2D eigenvalue weighted by Crippen LogP contribution is 2.28. The first kappa shape index (κ1) is 13.0. The van der Waals surface area contributed by atoms with Crippen LogP contribution in [-0.2, 0) is 6.42 Å². The molecule has 0 aliphatic rings. The minimum Gasteiger partial charge on any atom is -0.478 e. The Labute approximate surface area is 111 Å². The van der Waals surface area contributed by atoms with E-state index in [1.165, 1.54) is 12.1 Å². The number of carboxylic acid groups (broad SMARTS) is 1. The van der Waals surface area contributed by atoms with E-state index in [-0.39, 0.29) is 11.3 Å². The van der Waals surface area contributed by atoms with E-state index >= 15 is 0 Å². The van der Waals surface area contributed by atoms with Gasteiger partial charge >= 0.3 is 5.97 Å². The maximum absolute atomic E-state index is 11.0. The molecule has 0 unspecified atom stereocenters. The minimum atomic E-state index is -1.06. The zero-order chi connectivity index (χ0) is 13.8. The van der Waals surface area contributed by atoms with Crippen LogP contribution < -0.4 is 10.5 Å². The van der Waals surface area contributed by atoms with Gasteiger partial charge in [0.15, 0.2) is 0 Å². The standard InChI is InChI=1S/C15H15NO3/c1-2-10-5-3-4-6-14(10)19-11-7-8-13(16)12(9-11)15(17)18/h3-9H,2,16H2,1H3,(H,17,18). The summed E-state index contributed by atoms with van der Waals surface area (Å²) in [5, 5.41) is 9.02. The average Bonchev–Trinajstić information content (AvgIpc) is 2.41. The predicted octanol–water partition coefficient (Wildman–Crippen LogP) is 3.32. The Kier molecular flexibility index (Phi) is 3.71. The second-order valence-corrected chi connectivity index (χ2v) is 4.12. The van der Waals surface area contributed by atoms with Crippen LogP contribution in [0.25, 0.3) is 0 Å². The normalized spacial score (nSPS) is 10.2. The smallest absolute Gasteiger partial charge is 0.337 e. The van der Waals surface area contributed by atoms with Crippen LogP contribution in [0.5, 0.6) is 11.5 Å². The first-order valence-corrected chi connectivity index (χ1v) is 6.00. The number of nitrogens with two attached hydrogens (primary N) is 1. The molecule has 98 valence electrons. The summed E-state index contributed by atoms with van der Waals surface area (Å²) in [6.07, 6.45) is 0.844. The molecule has 0 aliphatic carbocycles. The Hall–Kier alpha value is -2.49. The van der Waals surface area contributed by atoms with Crippen molar-refractivity contribution in [3.8, 4) is 11.5 Å². The molecule has 4 heteroatoms. The maximum atomic E-state index is 11.0. The van der Waals surface area contributed by atoms with Crippen LogP contribution in [0.4, 0.5) is 5.69 Å². The van der Waals surface area contributed by atoms with Crippen LogP contribution >= 0.6 is 0 Å². The number of anilines is 1. The number of hydrogen-bond donors (Lipinski definition) is 2. The molecule has 0 heterocycles. The quantitative estimate of drug-likeness (QED) is 0.824. The molecule has 3 N–H and O–H groups in total. The van der Waals surface area contributed by atoms with Gasteiger partial charge in [-0.15, -0.1) is 0 Å². The molecule has 0 saturated carbocycles. The van der Waals surface area contributed by atoms with Crippen molar-refractivity contribution in [3.05, 3.63) is 53.6 Å². The Morgan fingerprint density at radius 1 is 1.26 bits per heavy atom. The molecule has 0 fully saturated rings. The molecule has 19 heavy (non-hydrogen) atoms. The summed E-state index contributed by atoms with van der Waals surface area (Å²) in [4.78, 5) is 11.0. The molecule has 4 nitrogen and oxygen atoms in total. The lowest BCUT2D eigenvalue weighted by molar-refractivity contribution is 0.0697. The van der Waals surface area contributed by atoms with E-state index in [0.717, 1.165) is 17.7 Å². The van der Waals surface area contributed by atoms with Gasteiger partial charge in [-0.2, -0.15) is 0 Å². The van der Waals surface area contributed by atoms with Gasteiger partial charge in [-0.25, -0.2) is 4.79 Å². The first-order chi connectivity index (χ1) is 9.11. The number of hydrogen-bond acceptors (Lipinski definition) is 3. The van der Waals surface area contributed by atoms with Crippen molar-refractivity contribution >= 4 is 11.7 Å². The highest BCUT2D eigenvalue weighted by molar-refractivity contribution is 5.94. The summed E-state index contributed by atoms with van der Waals surface area (Å²) in [6, 6.07) is 12.3. The molecule has 0 saturated heterocycles. The van der Waals surface area contributed by atoms with Crippen LogP contribution in [-0.4, -0.2) is 11.1 Å². The SMILES string of the molecule is CCc1ccccc1Oc1ccc(N)c(C(=O)O)c1. The fraction of sp³-hybridized carbons (Fsp3) is 0.133. The molecule has 2 rings (SSSR count). The fourth-order valence-corrected chi connectivity index (χ4v) is 1.81. The molecule has 0 amide bonds. The van der Waals surface area contributed by atoms with Crippen LogP contribution in [0.15, 0.2) is 42.5 Å². The summed E-state index contributed by atoms with van der Waals surface area (Å²) in [5.41, 5.74) is 6.94. The van der Waals surface area contributed by atoms with E-state index in [9.17, 15) is 4.79 Å². The highest BCUT2D eigenvalue weighted by Gasteiger charge is 2.10. The molecule has 2 aromatic rings. The molecule has 0 aliphatic heterocycles. The number of rotatable bonds is 4. The van der Waals surface area contributed by atoms with Gasteiger partial charge < -0.3 is 15.6 Å². The third-order valence-corrected chi connectivity index (χ3v) is 2.84. The second kappa shape index (κ2) is 5.44. The maximum Gasteiger partial charge on any atom is 0.337 e. The second-order valence-electron chi connectivity index (χ2n) is 4.12. The topological polar surface area (TPSA) is 72.5 Å². The summed E-state index contributed by atoms with van der Waals surface area (Å²) in [5.74, 6) is 0.130. The zero-order valence-corrected chi connectivity index (χ0v) is 10.6. The monoisotopic (exact) mass is 257 g/mol. The minimum absolute atomic E-state index is 0.0477. The predicted molar refractivity (Wildman–Crippen MR) is 73.7 cm³/mol. The number of carbonyl (C=O) groups is 1. The summed E-state index contributed by atoms with van der Waals surface area (Å²) >= 11 is 0. The number of carboxylic acids is 1. The van der Waals surface area contributed by atoms with Crippen molar-refractivity contribution < 1.29 is 14.6 Å². The molecular formula is C15H15NO3. The van der Waals surface area contributed by atoms with Crippen LogP contribution in [0.3, 0.4) is 0 Å². The van der Waals surface area contributed by atoms with E-state index in [1.807, 2.05) is 31.2 Å². The van der Waals surface area contributed by atoms with Gasteiger partial charge in [-0.05, 0) is 36.2 Å². The number of benzene rings is 2. The molecule has 0 bridgehead atoms. The molecule has 0 atom stereocenters. The third kappa shape index (κ3) is 2.85. The number of nitrogen functional groups attached to an aromatic ring is 1. The van der Waals surface area contributed by atoms with Gasteiger partial charge in [0.1, 0.15) is 11.5 Å². The number of aryl methyl sites for hydroxylation is 1. The van der Waals surface area contributed by atoms with Crippen LogP contribution in [0.2, 0.25) is 0 Å². The van der Waals surface area contributed by atoms with Crippen molar-refractivity contribution in [1.29, 1.82) is 0 Å². The van der Waals surface area contributed by atoms with Crippen molar-refractivity contribution in [2.75, 3.05) is 5.73 Å². The molecule has 2 aromatic carbocycles. The Morgan fingerprint density at radius 3 is 2.68 bits per heavy atom. The largest absolute Gasteiger partial charge is 0.478 e. The van der Waals surface area contributed by atoms with E-state index < -0.39 is 5.97 Å². The summed E-state index contributed by atoms with van der Waals surface area (Å²) in [7, 11) is 0. The Bertz CT molecular complexity index is 608. The number of para-hydroxylation sites is 1. The van der Waals surface area contributed by atoms with Crippen LogP contribution in [0.1, 0.15) is 22.8 Å². The Balaban J connectivity index is 2.33. The van der Waals surface area contributed by atoms with Gasteiger partial charge in [0.05, 0.1) is 5.56 Å². The average molecular weight is 257 g/mol. The van der Waals surface area contributed by atoms with E-state index in [4.69, 9.17) is 15.6 Å². The van der Waals surface area contributed by atoms with Gasteiger partial charge in [-0.1, -0.05) is 25.1 Å². The lowest BCUT2D eigenvalue weighted by atomic mass is 10.1. The lowest BCUT2D eigenvalue weighted by Gasteiger charge is -2.11. The number of ether oxygens (including phenoxy) is 1. The number of aromatic carboxylic acids is 1. The van der Waals surface area contributed by atoms with Gasteiger partial charge in [-0.3, -0.25) is 0 Å². The highest BCUT2D eigenvalue weighted by atomic mass is 16.5. The van der Waals surface area contributed by atoms with Crippen molar-refractivity contribution in [1.82, 2.24) is 0 Å². The third-order valence-electron chi connectivity index (χ3n) is 2.84. The van der Waals surface area contributed by atoms with Gasteiger partial charge in [0.2, 0.25) is 0 Å². The molecule has 0 radical (unpaired) electrons. The van der Waals surface area contributed by atoms with E-state index in [1.54, 1.807) is 6.07 Å². The van der Waals surface area contributed by atoms with Crippen LogP contribution in [0, 0.1) is 0 Å². The van der Waals surface area contributed by atoms with Gasteiger partial charge in [0, 0.05) is 5.69 Å². The fourth-order valence-electron chi connectivity index (χ4n) is 1.81. The van der Waals surface area contributed by atoms with Crippen molar-refractivity contribution in [3.63, 3.8) is 0 Å². The molecular weight excluding hydrogens is 242 g/mol.